The van der Waals surface area contributed by atoms with E-state index in [0.29, 0.717) is 16.3 Å². The van der Waals surface area contributed by atoms with Crippen molar-refractivity contribution in [1.29, 1.82) is 0 Å². The monoisotopic (exact) mass is 265 g/mol. The summed E-state index contributed by atoms with van der Waals surface area (Å²) in [5, 5.41) is 19.0. The van der Waals surface area contributed by atoms with Gasteiger partial charge >= 0.3 is 5.97 Å². The van der Waals surface area contributed by atoms with Gasteiger partial charge < -0.3 is 14.9 Å². The molecule has 1 aromatic heterocycles. The highest BCUT2D eigenvalue weighted by atomic mass is 32.1. The molecule has 0 aliphatic heterocycles. The van der Waals surface area contributed by atoms with Gasteiger partial charge in [0.15, 0.2) is 0 Å². The van der Waals surface area contributed by atoms with Gasteiger partial charge in [0.1, 0.15) is 15.6 Å². The van der Waals surface area contributed by atoms with Crippen LogP contribution < -0.4 is 0 Å². The van der Waals surface area contributed by atoms with E-state index in [1.54, 1.807) is 24.3 Å². The van der Waals surface area contributed by atoms with Gasteiger partial charge in [-0.05, 0) is 12.1 Å². The molecule has 0 aliphatic rings. The Morgan fingerprint density at radius 2 is 2.28 bits per heavy atom. The van der Waals surface area contributed by atoms with E-state index in [2.05, 4.69) is 4.98 Å². The van der Waals surface area contributed by atoms with Crippen LogP contribution in [0.25, 0.3) is 10.6 Å². The summed E-state index contributed by atoms with van der Waals surface area (Å²) in [5.41, 5.74) is 1.08. The first-order valence-electron chi connectivity index (χ1n) is 5.13. The van der Waals surface area contributed by atoms with Crippen LogP contribution in [-0.2, 0) is 11.3 Å². The number of nitrogens with zero attached hydrogens (tertiary/aromatic N) is 1. The summed E-state index contributed by atoms with van der Waals surface area (Å²) >= 11 is 1.07. The number of carboxylic acid groups (broad SMARTS) is 1. The second kappa shape index (κ2) is 5.16. The van der Waals surface area contributed by atoms with Crippen LogP contribution in [-0.4, -0.2) is 28.3 Å². The fourth-order valence-corrected chi connectivity index (χ4v) is 2.42. The molecule has 0 atom stereocenters. The largest absolute Gasteiger partial charge is 0.508 e. The number of phenols is 1. The van der Waals surface area contributed by atoms with Gasteiger partial charge in [-0.2, -0.15) is 0 Å². The fourth-order valence-electron chi connectivity index (χ4n) is 1.52. The lowest BCUT2D eigenvalue weighted by atomic mass is 10.2. The average molecular weight is 265 g/mol. The molecule has 2 rings (SSSR count). The number of aromatic carboxylic acids is 1. The van der Waals surface area contributed by atoms with Crippen LogP contribution in [0.3, 0.4) is 0 Å². The molecule has 6 heteroatoms. The lowest BCUT2D eigenvalue weighted by molar-refractivity contribution is 0.0697. The van der Waals surface area contributed by atoms with Crippen LogP contribution in [0.5, 0.6) is 5.75 Å². The Hall–Kier alpha value is -1.92. The number of carboxylic acids is 1. The first-order chi connectivity index (χ1) is 8.61. The van der Waals surface area contributed by atoms with Gasteiger partial charge in [-0.3, -0.25) is 0 Å². The Morgan fingerprint density at radius 1 is 1.50 bits per heavy atom. The van der Waals surface area contributed by atoms with E-state index >= 15 is 0 Å². The van der Waals surface area contributed by atoms with Gasteiger partial charge in [-0.15, -0.1) is 11.3 Å². The standard InChI is InChI=1S/C12H11NO4S/c1-17-6-9-10(12(15)16)18-11(13-9)7-3-2-4-8(14)5-7/h2-5,14H,6H2,1H3,(H,15,16). The summed E-state index contributed by atoms with van der Waals surface area (Å²) in [6, 6.07) is 6.54. The van der Waals surface area contributed by atoms with Crippen molar-refractivity contribution in [1.82, 2.24) is 4.98 Å². The first kappa shape index (κ1) is 12.5. The lowest BCUT2D eigenvalue weighted by Crippen LogP contribution is -1.99. The van der Waals surface area contributed by atoms with Crippen LogP contribution in [0.2, 0.25) is 0 Å². The van der Waals surface area contributed by atoms with Crippen molar-refractivity contribution in [3.63, 3.8) is 0 Å². The van der Waals surface area contributed by atoms with Crippen molar-refractivity contribution < 1.29 is 19.7 Å². The Morgan fingerprint density at radius 3 is 2.89 bits per heavy atom. The number of hydrogen-bond donors (Lipinski definition) is 2. The van der Waals surface area contributed by atoms with Crippen LogP contribution in [0.1, 0.15) is 15.4 Å². The van der Waals surface area contributed by atoms with Crippen LogP contribution >= 0.6 is 11.3 Å². The number of phenolic OH excluding ortho intramolecular Hbond substituents is 1. The van der Waals surface area contributed by atoms with Crippen molar-refractivity contribution in [2.24, 2.45) is 0 Å². The van der Waals surface area contributed by atoms with E-state index in [1.807, 2.05) is 0 Å². The Balaban J connectivity index is 2.46. The molecule has 0 amide bonds. The zero-order chi connectivity index (χ0) is 13.1. The molecular weight excluding hydrogens is 254 g/mol. The van der Waals surface area contributed by atoms with Gasteiger partial charge in [0.2, 0.25) is 0 Å². The highest BCUT2D eigenvalue weighted by Gasteiger charge is 2.18. The normalized spacial score (nSPS) is 10.5. The summed E-state index contributed by atoms with van der Waals surface area (Å²) in [7, 11) is 1.49. The van der Waals surface area contributed by atoms with Crippen molar-refractivity contribution in [2.45, 2.75) is 6.61 Å². The highest BCUT2D eigenvalue weighted by Crippen LogP contribution is 2.30. The predicted molar refractivity (Wildman–Crippen MR) is 66.9 cm³/mol. The number of aromatic hydroxyl groups is 1. The summed E-state index contributed by atoms with van der Waals surface area (Å²) in [6.07, 6.45) is 0. The maximum absolute atomic E-state index is 11.1. The molecule has 0 fully saturated rings. The van der Waals surface area contributed by atoms with Gasteiger partial charge in [0.05, 0.1) is 12.3 Å². The molecule has 5 nitrogen and oxygen atoms in total. The summed E-state index contributed by atoms with van der Waals surface area (Å²) < 4.78 is 4.92. The minimum atomic E-state index is -1.02. The molecule has 0 radical (unpaired) electrons. The maximum atomic E-state index is 11.1. The molecule has 1 aromatic carbocycles. The van der Waals surface area contributed by atoms with E-state index < -0.39 is 5.97 Å². The third kappa shape index (κ3) is 2.49. The van der Waals surface area contributed by atoms with E-state index in [9.17, 15) is 9.90 Å². The van der Waals surface area contributed by atoms with E-state index in [1.165, 1.54) is 7.11 Å². The summed E-state index contributed by atoms with van der Waals surface area (Å²) in [5.74, 6) is -0.904. The van der Waals surface area contributed by atoms with Crippen LogP contribution in [0, 0.1) is 0 Å². The molecule has 0 unspecified atom stereocenters. The third-order valence-electron chi connectivity index (χ3n) is 2.27. The molecule has 0 bridgehead atoms. The number of thiazole rings is 1. The number of rotatable bonds is 4. The fraction of sp³-hybridized carbons (Fsp3) is 0.167. The number of hydrogen-bond acceptors (Lipinski definition) is 5. The van der Waals surface area contributed by atoms with Crippen LogP contribution in [0.15, 0.2) is 24.3 Å². The second-order valence-electron chi connectivity index (χ2n) is 3.58. The van der Waals surface area contributed by atoms with Gasteiger partial charge in [0.25, 0.3) is 0 Å². The minimum absolute atomic E-state index is 0.118. The number of aromatic nitrogens is 1. The smallest absolute Gasteiger partial charge is 0.347 e. The highest BCUT2D eigenvalue weighted by molar-refractivity contribution is 7.17. The first-order valence-corrected chi connectivity index (χ1v) is 5.95. The molecule has 0 spiro atoms. The summed E-state index contributed by atoms with van der Waals surface area (Å²) in [6.45, 7) is 0.150. The zero-order valence-electron chi connectivity index (χ0n) is 9.58. The predicted octanol–water partition coefficient (Wildman–Crippen LogP) is 2.36. The Bertz CT molecular complexity index is 579. The number of benzene rings is 1. The SMILES string of the molecule is COCc1nc(-c2cccc(O)c2)sc1C(=O)O. The van der Waals surface area contributed by atoms with Crippen LogP contribution in [0.4, 0.5) is 0 Å². The second-order valence-corrected chi connectivity index (χ2v) is 4.58. The van der Waals surface area contributed by atoms with Crippen molar-refractivity contribution in [2.75, 3.05) is 7.11 Å². The Kier molecular flexibility index (Phi) is 3.59. The number of methoxy groups -OCH3 is 1. The third-order valence-corrected chi connectivity index (χ3v) is 3.40. The average Bonchev–Trinajstić information content (AvgIpc) is 2.74. The molecule has 2 N–H and O–H groups in total. The topological polar surface area (TPSA) is 79.7 Å². The molecular formula is C12H11NO4S. The molecule has 0 saturated heterocycles. The Labute approximate surface area is 107 Å². The lowest BCUT2D eigenvalue weighted by Gasteiger charge is -1.96. The van der Waals surface area contributed by atoms with Crippen molar-refractivity contribution in [3.8, 4) is 16.3 Å². The van der Waals surface area contributed by atoms with Gasteiger partial charge in [-0.25, -0.2) is 9.78 Å². The molecule has 0 aliphatic carbocycles. The molecule has 2 aromatic rings. The van der Waals surface area contributed by atoms with E-state index in [0.717, 1.165) is 11.3 Å². The maximum Gasteiger partial charge on any atom is 0.347 e. The molecule has 18 heavy (non-hydrogen) atoms. The van der Waals surface area contributed by atoms with Crippen molar-refractivity contribution in [3.05, 3.63) is 34.8 Å². The summed E-state index contributed by atoms with van der Waals surface area (Å²) in [4.78, 5) is 15.5. The van der Waals surface area contributed by atoms with E-state index in [-0.39, 0.29) is 17.2 Å². The minimum Gasteiger partial charge on any atom is -0.508 e. The van der Waals surface area contributed by atoms with E-state index in [4.69, 9.17) is 9.84 Å². The van der Waals surface area contributed by atoms with Gasteiger partial charge in [-0.1, -0.05) is 12.1 Å². The van der Waals surface area contributed by atoms with Crippen molar-refractivity contribution >= 4 is 17.3 Å². The molecule has 94 valence electrons. The van der Waals surface area contributed by atoms with Gasteiger partial charge in [0, 0.05) is 12.7 Å². The number of ether oxygens (including phenoxy) is 1. The molecule has 0 saturated carbocycles. The molecule has 1 heterocycles. The zero-order valence-corrected chi connectivity index (χ0v) is 10.4. The number of carbonyl (C=O) groups is 1. The quantitative estimate of drug-likeness (QED) is 0.887.